The number of benzene rings is 1. The van der Waals surface area contributed by atoms with E-state index in [1.807, 2.05) is 58.0 Å². The van der Waals surface area contributed by atoms with E-state index in [0.717, 1.165) is 12.0 Å². The van der Waals surface area contributed by atoms with E-state index in [2.05, 4.69) is 5.32 Å². The SMILES string of the molecule is CCC(C)C(O)CNC(=O)C(c1ccccc1)C(C)C. The van der Waals surface area contributed by atoms with E-state index in [9.17, 15) is 9.90 Å². The standard InChI is InChI=1S/C17H27NO2/c1-5-13(4)15(19)11-18-17(20)16(12(2)3)14-9-7-6-8-10-14/h6-10,12-13,15-16,19H,5,11H2,1-4H3,(H,18,20). The molecular formula is C17H27NO2. The Morgan fingerprint density at radius 1 is 1.20 bits per heavy atom. The second-order valence-electron chi connectivity index (χ2n) is 5.83. The lowest BCUT2D eigenvalue weighted by Gasteiger charge is -2.23. The van der Waals surface area contributed by atoms with E-state index in [1.54, 1.807) is 0 Å². The highest BCUT2D eigenvalue weighted by Crippen LogP contribution is 2.24. The fourth-order valence-electron chi connectivity index (χ4n) is 2.29. The second-order valence-corrected chi connectivity index (χ2v) is 5.83. The third-order valence-corrected chi connectivity index (χ3v) is 3.89. The number of rotatable bonds is 7. The van der Waals surface area contributed by atoms with Crippen LogP contribution >= 0.6 is 0 Å². The van der Waals surface area contributed by atoms with Crippen molar-refractivity contribution in [1.29, 1.82) is 0 Å². The molecule has 1 rings (SSSR count). The van der Waals surface area contributed by atoms with E-state index in [4.69, 9.17) is 0 Å². The molecule has 0 spiro atoms. The molecule has 3 nitrogen and oxygen atoms in total. The van der Waals surface area contributed by atoms with Crippen molar-refractivity contribution in [3.8, 4) is 0 Å². The summed E-state index contributed by atoms with van der Waals surface area (Å²) in [6.45, 7) is 8.44. The fraction of sp³-hybridized carbons (Fsp3) is 0.588. The van der Waals surface area contributed by atoms with Crippen LogP contribution in [0, 0.1) is 11.8 Å². The fourth-order valence-corrected chi connectivity index (χ4v) is 2.29. The minimum absolute atomic E-state index is 0.00597. The van der Waals surface area contributed by atoms with Crippen molar-refractivity contribution in [3.05, 3.63) is 35.9 Å². The molecule has 0 bridgehead atoms. The summed E-state index contributed by atoms with van der Waals surface area (Å²) in [4.78, 5) is 12.4. The lowest BCUT2D eigenvalue weighted by Crippen LogP contribution is -2.39. The molecular weight excluding hydrogens is 250 g/mol. The first-order valence-electron chi connectivity index (χ1n) is 7.48. The molecule has 0 aliphatic rings. The van der Waals surface area contributed by atoms with Crippen molar-refractivity contribution < 1.29 is 9.90 Å². The molecule has 1 aromatic carbocycles. The highest BCUT2D eigenvalue weighted by atomic mass is 16.3. The molecule has 0 fully saturated rings. The molecule has 0 radical (unpaired) electrons. The Morgan fingerprint density at radius 2 is 1.80 bits per heavy atom. The van der Waals surface area contributed by atoms with Gasteiger partial charge in [-0.1, -0.05) is 64.4 Å². The average Bonchev–Trinajstić information content (AvgIpc) is 2.44. The Labute approximate surface area is 122 Å². The maximum absolute atomic E-state index is 12.4. The van der Waals surface area contributed by atoms with Gasteiger partial charge in [-0.3, -0.25) is 4.79 Å². The van der Waals surface area contributed by atoms with Crippen molar-refractivity contribution in [2.24, 2.45) is 11.8 Å². The Kier molecular flexibility index (Phi) is 6.73. The molecule has 0 saturated heterocycles. The minimum Gasteiger partial charge on any atom is -0.391 e. The third-order valence-electron chi connectivity index (χ3n) is 3.89. The highest BCUT2D eigenvalue weighted by molar-refractivity contribution is 5.83. The lowest BCUT2D eigenvalue weighted by atomic mass is 9.87. The maximum Gasteiger partial charge on any atom is 0.227 e. The van der Waals surface area contributed by atoms with Gasteiger partial charge < -0.3 is 10.4 Å². The van der Waals surface area contributed by atoms with Crippen molar-refractivity contribution in [3.63, 3.8) is 0 Å². The summed E-state index contributed by atoms with van der Waals surface area (Å²) in [6.07, 6.45) is 0.427. The molecule has 0 aliphatic carbocycles. The number of carbonyl (C=O) groups is 1. The normalized spacial score (nSPS) is 15.7. The molecule has 20 heavy (non-hydrogen) atoms. The predicted octanol–water partition coefficient (Wildman–Crippen LogP) is 2.95. The summed E-state index contributed by atoms with van der Waals surface area (Å²) in [5, 5.41) is 12.8. The van der Waals surface area contributed by atoms with Gasteiger partial charge in [0.1, 0.15) is 0 Å². The molecule has 3 unspecified atom stereocenters. The van der Waals surface area contributed by atoms with Gasteiger partial charge in [-0.25, -0.2) is 0 Å². The van der Waals surface area contributed by atoms with E-state index in [1.165, 1.54) is 0 Å². The summed E-state index contributed by atoms with van der Waals surface area (Å²) in [5.41, 5.74) is 1.03. The molecule has 0 saturated carbocycles. The number of aliphatic hydroxyl groups is 1. The molecule has 2 N–H and O–H groups in total. The highest BCUT2D eigenvalue weighted by Gasteiger charge is 2.24. The summed E-state index contributed by atoms with van der Waals surface area (Å²) < 4.78 is 0. The predicted molar refractivity (Wildman–Crippen MR) is 82.5 cm³/mol. The number of aliphatic hydroxyl groups excluding tert-OH is 1. The first-order chi connectivity index (χ1) is 9.47. The summed E-state index contributed by atoms with van der Waals surface area (Å²) in [6, 6.07) is 9.81. The molecule has 0 heterocycles. The first kappa shape index (κ1) is 16.7. The van der Waals surface area contributed by atoms with Gasteiger partial charge in [0.25, 0.3) is 0 Å². The van der Waals surface area contributed by atoms with Crippen LogP contribution < -0.4 is 5.32 Å². The molecule has 112 valence electrons. The largest absolute Gasteiger partial charge is 0.391 e. The number of hydrogen-bond acceptors (Lipinski definition) is 2. The van der Waals surface area contributed by atoms with Crippen molar-refractivity contribution >= 4 is 5.91 Å². The number of nitrogens with one attached hydrogen (secondary N) is 1. The number of amides is 1. The van der Waals surface area contributed by atoms with Crippen LogP contribution in [-0.4, -0.2) is 23.7 Å². The Balaban J connectivity index is 2.67. The minimum atomic E-state index is -0.479. The number of carbonyl (C=O) groups excluding carboxylic acids is 1. The zero-order chi connectivity index (χ0) is 15.1. The van der Waals surface area contributed by atoms with Crippen LogP contribution in [0.5, 0.6) is 0 Å². The third kappa shape index (κ3) is 4.64. The van der Waals surface area contributed by atoms with E-state index < -0.39 is 6.10 Å². The van der Waals surface area contributed by atoms with E-state index in [0.29, 0.717) is 6.54 Å². The van der Waals surface area contributed by atoms with Gasteiger partial charge in [0.15, 0.2) is 0 Å². The van der Waals surface area contributed by atoms with Gasteiger partial charge >= 0.3 is 0 Å². The smallest absolute Gasteiger partial charge is 0.227 e. The maximum atomic E-state index is 12.4. The Bertz CT molecular complexity index is 403. The zero-order valence-electron chi connectivity index (χ0n) is 13.0. The van der Waals surface area contributed by atoms with Crippen LogP contribution in [0.25, 0.3) is 0 Å². The monoisotopic (exact) mass is 277 g/mol. The summed E-state index contributed by atoms with van der Waals surface area (Å²) >= 11 is 0. The molecule has 3 atom stereocenters. The van der Waals surface area contributed by atoms with Crippen LogP contribution in [0.15, 0.2) is 30.3 Å². The average molecular weight is 277 g/mol. The Hall–Kier alpha value is -1.35. The first-order valence-corrected chi connectivity index (χ1v) is 7.48. The van der Waals surface area contributed by atoms with Gasteiger partial charge in [0.05, 0.1) is 12.0 Å². The molecule has 1 aromatic rings. The van der Waals surface area contributed by atoms with E-state index >= 15 is 0 Å². The van der Waals surface area contributed by atoms with Crippen molar-refractivity contribution in [2.75, 3.05) is 6.54 Å². The van der Waals surface area contributed by atoms with Crippen LogP contribution in [0.3, 0.4) is 0 Å². The van der Waals surface area contributed by atoms with Crippen LogP contribution in [0.2, 0.25) is 0 Å². The van der Waals surface area contributed by atoms with Gasteiger partial charge in [-0.15, -0.1) is 0 Å². The van der Waals surface area contributed by atoms with Gasteiger partial charge in [0.2, 0.25) is 5.91 Å². The quantitative estimate of drug-likeness (QED) is 0.805. The summed E-state index contributed by atoms with van der Waals surface area (Å²) in [7, 11) is 0. The summed E-state index contributed by atoms with van der Waals surface area (Å²) in [5.74, 6) is 0.247. The van der Waals surface area contributed by atoms with Crippen molar-refractivity contribution in [2.45, 2.75) is 46.1 Å². The molecule has 0 aromatic heterocycles. The van der Waals surface area contributed by atoms with E-state index in [-0.39, 0.29) is 23.7 Å². The van der Waals surface area contributed by atoms with Gasteiger partial charge in [-0.05, 0) is 17.4 Å². The van der Waals surface area contributed by atoms with Crippen LogP contribution in [0.1, 0.15) is 45.6 Å². The second kappa shape index (κ2) is 8.05. The van der Waals surface area contributed by atoms with Crippen molar-refractivity contribution in [1.82, 2.24) is 5.32 Å². The molecule has 3 heteroatoms. The molecule has 1 amide bonds. The van der Waals surface area contributed by atoms with Gasteiger partial charge in [-0.2, -0.15) is 0 Å². The molecule has 0 aliphatic heterocycles. The number of hydrogen-bond donors (Lipinski definition) is 2. The van der Waals surface area contributed by atoms with Crippen LogP contribution in [-0.2, 0) is 4.79 Å². The topological polar surface area (TPSA) is 49.3 Å². The van der Waals surface area contributed by atoms with Crippen LogP contribution in [0.4, 0.5) is 0 Å². The Morgan fingerprint density at radius 3 is 2.30 bits per heavy atom. The zero-order valence-corrected chi connectivity index (χ0v) is 13.0. The lowest BCUT2D eigenvalue weighted by molar-refractivity contribution is -0.124. The van der Waals surface area contributed by atoms with Gasteiger partial charge in [0, 0.05) is 6.54 Å².